The van der Waals surface area contributed by atoms with E-state index in [4.69, 9.17) is 14.2 Å². The summed E-state index contributed by atoms with van der Waals surface area (Å²) in [4.78, 5) is 12.0. The van der Waals surface area contributed by atoms with Crippen LogP contribution in [0.3, 0.4) is 0 Å². The van der Waals surface area contributed by atoms with Crippen molar-refractivity contribution in [3.63, 3.8) is 0 Å². The summed E-state index contributed by atoms with van der Waals surface area (Å²) in [6, 6.07) is 9.30. The highest BCUT2D eigenvalue weighted by Gasteiger charge is 2.17. The van der Waals surface area contributed by atoms with Crippen LogP contribution in [-0.4, -0.2) is 33.5 Å². The first-order valence-corrected chi connectivity index (χ1v) is 9.34. The Morgan fingerprint density at radius 3 is 2.44 bits per heavy atom. The molecule has 2 rings (SSSR count). The Bertz CT molecular complexity index is 882. The van der Waals surface area contributed by atoms with E-state index in [0.717, 1.165) is 10.0 Å². The molecule has 0 aliphatic heterocycles. The number of benzene rings is 2. The van der Waals surface area contributed by atoms with Crippen molar-refractivity contribution in [2.75, 3.05) is 21.3 Å². The fourth-order valence-electron chi connectivity index (χ4n) is 2.22. The molecule has 0 spiro atoms. The van der Waals surface area contributed by atoms with Gasteiger partial charge in [-0.25, -0.2) is 5.43 Å². The summed E-state index contributed by atoms with van der Waals surface area (Å²) in [6.45, 7) is 0. The van der Waals surface area contributed by atoms with Crippen LogP contribution in [0.15, 0.2) is 50.5 Å². The van der Waals surface area contributed by atoms with E-state index in [2.05, 4.69) is 42.4 Å². The van der Waals surface area contributed by atoms with E-state index >= 15 is 0 Å². The Hall–Kier alpha value is -2.32. The lowest BCUT2D eigenvalue weighted by Crippen LogP contribution is -2.14. The minimum atomic E-state index is -0.373. The standard InChI is InChI=1S/C19H18Br2N2O4/c1-25-15-10-13(17(21)19(27-3)18(15)26-2)7-8-16(24)23-22-11-12-5-4-6-14(20)9-12/h4-11H,1-3H3,(H,23,24)/b8-7+,22-11+. The first-order valence-electron chi connectivity index (χ1n) is 7.75. The number of nitrogens with one attached hydrogen (secondary N) is 1. The summed E-state index contributed by atoms with van der Waals surface area (Å²) < 4.78 is 17.6. The van der Waals surface area contributed by atoms with E-state index < -0.39 is 0 Å². The van der Waals surface area contributed by atoms with Gasteiger partial charge in [-0.15, -0.1) is 0 Å². The maximum Gasteiger partial charge on any atom is 0.264 e. The van der Waals surface area contributed by atoms with Crippen molar-refractivity contribution in [3.8, 4) is 17.2 Å². The Morgan fingerprint density at radius 2 is 1.81 bits per heavy atom. The topological polar surface area (TPSA) is 69.2 Å². The molecule has 0 fully saturated rings. The Balaban J connectivity index is 2.13. The molecule has 0 aromatic heterocycles. The van der Waals surface area contributed by atoms with Crippen LogP contribution in [0.2, 0.25) is 0 Å². The summed E-state index contributed by atoms with van der Waals surface area (Å²) in [7, 11) is 4.58. The van der Waals surface area contributed by atoms with Gasteiger partial charge in [0, 0.05) is 10.5 Å². The van der Waals surface area contributed by atoms with E-state index in [-0.39, 0.29) is 5.91 Å². The number of hydrogen-bond acceptors (Lipinski definition) is 5. The maximum absolute atomic E-state index is 12.0. The van der Waals surface area contributed by atoms with Crippen LogP contribution in [0.5, 0.6) is 17.2 Å². The minimum Gasteiger partial charge on any atom is -0.493 e. The van der Waals surface area contributed by atoms with Crippen molar-refractivity contribution in [2.45, 2.75) is 0 Å². The molecule has 0 saturated heterocycles. The third kappa shape index (κ3) is 5.58. The largest absolute Gasteiger partial charge is 0.493 e. The molecule has 0 radical (unpaired) electrons. The Morgan fingerprint density at radius 1 is 1.07 bits per heavy atom. The molecule has 0 bridgehead atoms. The Kier molecular flexibility index (Phi) is 7.87. The molecule has 1 amide bonds. The zero-order valence-electron chi connectivity index (χ0n) is 15.0. The van der Waals surface area contributed by atoms with E-state index in [0.29, 0.717) is 27.3 Å². The van der Waals surface area contributed by atoms with Crippen LogP contribution in [0.1, 0.15) is 11.1 Å². The highest BCUT2D eigenvalue weighted by Crippen LogP contribution is 2.45. The van der Waals surface area contributed by atoms with Crippen LogP contribution in [0, 0.1) is 0 Å². The molecule has 0 aliphatic carbocycles. The molecule has 27 heavy (non-hydrogen) atoms. The first-order chi connectivity index (χ1) is 13.0. The van der Waals surface area contributed by atoms with Crippen LogP contribution in [0.4, 0.5) is 0 Å². The average molecular weight is 498 g/mol. The lowest BCUT2D eigenvalue weighted by molar-refractivity contribution is -0.116. The van der Waals surface area contributed by atoms with Crippen molar-refractivity contribution in [2.24, 2.45) is 5.10 Å². The normalized spacial score (nSPS) is 11.0. The number of hydrogen-bond donors (Lipinski definition) is 1. The quantitative estimate of drug-likeness (QED) is 0.349. The summed E-state index contributed by atoms with van der Waals surface area (Å²) in [5, 5.41) is 3.93. The predicted octanol–water partition coefficient (Wildman–Crippen LogP) is 4.40. The molecule has 0 saturated carbocycles. The molecular formula is C19H18Br2N2O4. The number of rotatable bonds is 7. The predicted molar refractivity (Wildman–Crippen MR) is 113 cm³/mol. The third-order valence-electron chi connectivity index (χ3n) is 3.45. The maximum atomic E-state index is 12.0. The third-order valence-corrected chi connectivity index (χ3v) is 4.76. The van der Waals surface area contributed by atoms with Gasteiger partial charge >= 0.3 is 0 Å². The highest BCUT2D eigenvalue weighted by molar-refractivity contribution is 9.10. The van der Waals surface area contributed by atoms with Gasteiger partial charge in [0.15, 0.2) is 11.5 Å². The number of methoxy groups -OCH3 is 3. The summed E-state index contributed by atoms with van der Waals surface area (Å²) in [5.41, 5.74) is 4.00. The van der Waals surface area contributed by atoms with Gasteiger partial charge in [-0.1, -0.05) is 28.1 Å². The van der Waals surface area contributed by atoms with E-state index in [9.17, 15) is 4.79 Å². The minimum absolute atomic E-state index is 0.373. The summed E-state index contributed by atoms with van der Waals surface area (Å²) >= 11 is 6.84. The SMILES string of the molecule is COc1cc(/C=C/C(=O)N/N=C/c2cccc(Br)c2)c(Br)c(OC)c1OC. The molecule has 8 heteroatoms. The Labute approximate surface area is 174 Å². The second kappa shape index (κ2) is 10.1. The van der Waals surface area contributed by atoms with Gasteiger partial charge < -0.3 is 14.2 Å². The number of hydrazone groups is 1. The number of halogens is 2. The molecule has 0 atom stereocenters. The molecule has 0 heterocycles. The van der Waals surface area contributed by atoms with Gasteiger partial charge in [-0.3, -0.25) is 4.79 Å². The zero-order valence-corrected chi connectivity index (χ0v) is 18.1. The number of carbonyl (C=O) groups is 1. The van der Waals surface area contributed by atoms with Gasteiger partial charge in [-0.05, 0) is 51.3 Å². The van der Waals surface area contributed by atoms with Crippen molar-refractivity contribution in [1.29, 1.82) is 0 Å². The average Bonchev–Trinajstić information content (AvgIpc) is 2.66. The van der Waals surface area contributed by atoms with Gasteiger partial charge in [0.1, 0.15) is 0 Å². The van der Waals surface area contributed by atoms with Crippen LogP contribution in [-0.2, 0) is 4.79 Å². The fourth-order valence-corrected chi connectivity index (χ4v) is 3.23. The van der Waals surface area contributed by atoms with Gasteiger partial charge in [-0.2, -0.15) is 5.10 Å². The van der Waals surface area contributed by atoms with Gasteiger partial charge in [0.2, 0.25) is 5.75 Å². The van der Waals surface area contributed by atoms with Crippen molar-refractivity contribution in [3.05, 3.63) is 56.5 Å². The molecule has 1 N–H and O–H groups in total. The second-order valence-electron chi connectivity index (χ2n) is 5.17. The first kappa shape index (κ1) is 21.0. The lowest BCUT2D eigenvalue weighted by atomic mass is 10.1. The molecule has 2 aromatic rings. The van der Waals surface area contributed by atoms with Crippen molar-refractivity contribution < 1.29 is 19.0 Å². The van der Waals surface area contributed by atoms with Crippen LogP contribution >= 0.6 is 31.9 Å². The van der Waals surface area contributed by atoms with Crippen molar-refractivity contribution in [1.82, 2.24) is 5.43 Å². The molecule has 0 unspecified atom stereocenters. The molecule has 6 nitrogen and oxygen atoms in total. The molecule has 0 aliphatic rings. The summed E-state index contributed by atoms with van der Waals surface area (Å²) in [6.07, 6.45) is 4.55. The van der Waals surface area contributed by atoms with Crippen LogP contribution < -0.4 is 19.6 Å². The van der Waals surface area contributed by atoms with Crippen molar-refractivity contribution >= 4 is 50.1 Å². The molecule has 142 valence electrons. The zero-order chi connectivity index (χ0) is 19.8. The smallest absolute Gasteiger partial charge is 0.264 e. The molecular weight excluding hydrogens is 480 g/mol. The second-order valence-corrected chi connectivity index (χ2v) is 6.88. The van der Waals surface area contributed by atoms with E-state index in [1.165, 1.54) is 27.4 Å². The lowest BCUT2D eigenvalue weighted by Gasteiger charge is -2.15. The monoisotopic (exact) mass is 496 g/mol. The number of nitrogens with zero attached hydrogens (tertiary/aromatic N) is 1. The number of ether oxygens (including phenoxy) is 3. The van der Waals surface area contributed by atoms with Gasteiger partial charge in [0.25, 0.3) is 5.91 Å². The fraction of sp³-hybridized carbons (Fsp3) is 0.158. The number of carbonyl (C=O) groups excluding carboxylic acids is 1. The highest BCUT2D eigenvalue weighted by atomic mass is 79.9. The van der Waals surface area contributed by atoms with Gasteiger partial charge in [0.05, 0.1) is 32.0 Å². The summed E-state index contributed by atoms with van der Waals surface area (Å²) in [5.74, 6) is 1.06. The van der Waals surface area contributed by atoms with Crippen LogP contribution in [0.25, 0.3) is 6.08 Å². The molecule has 2 aromatic carbocycles. The number of amides is 1. The van der Waals surface area contributed by atoms with E-state index in [1.807, 2.05) is 24.3 Å². The van der Waals surface area contributed by atoms with E-state index in [1.54, 1.807) is 18.4 Å².